The van der Waals surface area contributed by atoms with Crippen molar-refractivity contribution < 1.29 is 0 Å². The number of thiophene rings is 1. The molecule has 0 radical (unpaired) electrons. The number of nitrogens with one attached hydrogen (secondary N) is 1. The monoisotopic (exact) mass is 189 g/mol. The van der Waals surface area contributed by atoms with Gasteiger partial charge < -0.3 is 5.32 Å². The van der Waals surface area contributed by atoms with Crippen molar-refractivity contribution in [3.63, 3.8) is 0 Å². The van der Waals surface area contributed by atoms with E-state index < -0.39 is 0 Å². The molecular formula is C11H11NS. The number of hydrogen-bond acceptors (Lipinski definition) is 2. The average molecular weight is 189 g/mol. The van der Waals surface area contributed by atoms with E-state index in [-0.39, 0.29) is 0 Å². The molecule has 1 N–H and O–H groups in total. The largest absolute Gasteiger partial charge is 0.385 e. The first kappa shape index (κ1) is 7.39. The van der Waals surface area contributed by atoms with Crippen molar-refractivity contribution in [2.75, 3.05) is 11.9 Å². The SMILES string of the molecule is c1cc2ccc3c(c2s1)CCCN3. The van der Waals surface area contributed by atoms with Crippen molar-refractivity contribution in [2.24, 2.45) is 0 Å². The third-order valence-electron chi connectivity index (χ3n) is 2.64. The zero-order valence-electron chi connectivity index (χ0n) is 7.34. The summed E-state index contributed by atoms with van der Waals surface area (Å²) in [7, 11) is 0. The van der Waals surface area contributed by atoms with Crippen molar-refractivity contribution >= 4 is 27.1 Å². The van der Waals surface area contributed by atoms with Gasteiger partial charge in [-0.05, 0) is 41.3 Å². The molecule has 1 aliphatic rings. The Morgan fingerprint density at radius 1 is 1.23 bits per heavy atom. The van der Waals surface area contributed by atoms with E-state index in [2.05, 4.69) is 28.9 Å². The Morgan fingerprint density at radius 2 is 2.23 bits per heavy atom. The van der Waals surface area contributed by atoms with Crippen molar-refractivity contribution in [3.8, 4) is 0 Å². The van der Waals surface area contributed by atoms with Crippen LogP contribution in [0.1, 0.15) is 12.0 Å². The fraction of sp³-hybridized carbons (Fsp3) is 0.273. The van der Waals surface area contributed by atoms with Gasteiger partial charge in [0, 0.05) is 16.9 Å². The first-order valence-electron chi connectivity index (χ1n) is 4.68. The first-order chi connectivity index (χ1) is 6.45. The van der Waals surface area contributed by atoms with Crippen LogP contribution < -0.4 is 5.32 Å². The molecule has 1 aromatic heterocycles. The average Bonchev–Trinajstić information content (AvgIpc) is 2.65. The number of aryl methyl sites for hydroxylation is 1. The number of anilines is 1. The minimum Gasteiger partial charge on any atom is -0.385 e. The summed E-state index contributed by atoms with van der Waals surface area (Å²) in [6.45, 7) is 1.13. The lowest BCUT2D eigenvalue weighted by Gasteiger charge is -2.18. The molecule has 0 atom stereocenters. The second-order valence-electron chi connectivity index (χ2n) is 3.46. The Bertz CT molecular complexity index is 444. The number of fused-ring (bicyclic) bond motifs is 3. The van der Waals surface area contributed by atoms with Crippen LogP contribution in [0.3, 0.4) is 0 Å². The van der Waals surface area contributed by atoms with E-state index >= 15 is 0 Å². The molecule has 2 heterocycles. The molecule has 0 bridgehead atoms. The highest BCUT2D eigenvalue weighted by Gasteiger charge is 2.11. The van der Waals surface area contributed by atoms with Crippen LogP contribution in [-0.4, -0.2) is 6.54 Å². The van der Waals surface area contributed by atoms with E-state index in [9.17, 15) is 0 Å². The Labute approximate surface area is 81.4 Å². The highest BCUT2D eigenvalue weighted by atomic mass is 32.1. The van der Waals surface area contributed by atoms with Gasteiger partial charge in [0.15, 0.2) is 0 Å². The number of benzene rings is 1. The van der Waals surface area contributed by atoms with Crippen molar-refractivity contribution in [2.45, 2.75) is 12.8 Å². The van der Waals surface area contributed by atoms with Crippen molar-refractivity contribution in [3.05, 3.63) is 29.1 Å². The molecule has 2 aromatic rings. The van der Waals surface area contributed by atoms with Crippen LogP contribution in [0.5, 0.6) is 0 Å². The predicted octanol–water partition coefficient (Wildman–Crippen LogP) is 3.26. The molecule has 0 saturated carbocycles. The molecule has 0 saturated heterocycles. The summed E-state index contributed by atoms with van der Waals surface area (Å²) in [5, 5.41) is 7.03. The maximum atomic E-state index is 3.45. The Balaban J connectivity index is 2.34. The Kier molecular flexibility index (Phi) is 1.56. The molecule has 1 nitrogen and oxygen atoms in total. The molecule has 0 unspecified atom stereocenters. The van der Waals surface area contributed by atoms with E-state index in [1.807, 2.05) is 11.3 Å². The summed E-state index contributed by atoms with van der Waals surface area (Å²) in [6, 6.07) is 6.63. The molecule has 0 amide bonds. The molecular weight excluding hydrogens is 178 g/mol. The van der Waals surface area contributed by atoms with Crippen LogP contribution >= 0.6 is 11.3 Å². The summed E-state index contributed by atoms with van der Waals surface area (Å²) in [5.41, 5.74) is 2.87. The molecule has 0 aliphatic carbocycles. The lowest BCUT2D eigenvalue weighted by Crippen LogP contribution is -2.11. The van der Waals surface area contributed by atoms with E-state index in [1.165, 1.54) is 34.2 Å². The van der Waals surface area contributed by atoms with Gasteiger partial charge in [0.25, 0.3) is 0 Å². The Morgan fingerprint density at radius 3 is 3.23 bits per heavy atom. The molecule has 0 spiro atoms. The van der Waals surface area contributed by atoms with Gasteiger partial charge in [-0.2, -0.15) is 0 Å². The highest BCUT2D eigenvalue weighted by molar-refractivity contribution is 7.17. The topological polar surface area (TPSA) is 12.0 Å². The molecule has 1 aromatic carbocycles. The van der Waals surface area contributed by atoms with Crippen LogP contribution in [-0.2, 0) is 6.42 Å². The lowest BCUT2D eigenvalue weighted by atomic mass is 10.0. The van der Waals surface area contributed by atoms with E-state index in [0.29, 0.717) is 0 Å². The summed E-state index contributed by atoms with van der Waals surface area (Å²) in [5.74, 6) is 0. The van der Waals surface area contributed by atoms with Gasteiger partial charge in [-0.3, -0.25) is 0 Å². The quantitative estimate of drug-likeness (QED) is 0.670. The van der Waals surface area contributed by atoms with Gasteiger partial charge in [0.05, 0.1) is 0 Å². The minimum atomic E-state index is 1.13. The second kappa shape index (κ2) is 2.74. The maximum absolute atomic E-state index is 3.45. The van der Waals surface area contributed by atoms with Gasteiger partial charge in [-0.15, -0.1) is 11.3 Å². The minimum absolute atomic E-state index is 1.13. The normalized spacial score (nSPS) is 15.4. The fourth-order valence-corrected chi connectivity index (χ4v) is 2.97. The molecule has 13 heavy (non-hydrogen) atoms. The first-order valence-corrected chi connectivity index (χ1v) is 5.56. The van der Waals surface area contributed by atoms with Gasteiger partial charge in [-0.1, -0.05) is 6.07 Å². The zero-order valence-corrected chi connectivity index (χ0v) is 8.16. The maximum Gasteiger partial charge on any atom is 0.0395 e. The number of hydrogen-bond donors (Lipinski definition) is 1. The summed E-state index contributed by atoms with van der Waals surface area (Å²) < 4.78 is 1.48. The second-order valence-corrected chi connectivity index (χ2v) is 4.38. The third kappa shape index (κ3) is 1.05. The molecule has 2 heteroatoms. The van der Waals surface area contributed by atoms with E-state index in [4.69, 9.17) is 0 Å². The Hall–Kier alpha value is -1.02. The smallest absolute Gasteiger partial charge is 0.0395 e. The highest BCUT2D eigenvalue weighted by Crippen LogP contribution is 2.33. The third-order valence-corrected chi connectivity index (χ3v) is 3.63. The molecule has 0 fully saturated rings. The zero-order chi connectivity index (χ0) is 8.67. The fourth-order valence-electron chi connectivity index (χ4n) is 1.99. The molecule has 66 valence electrons. The summed E-state index contributed by atoms with van der Waals surface area (Å²) in [4.78, 5) is 0. The van der Waals surface area contributed by atoms with Crippen LogP contribution in [0.15, 0.2) is 23.6 Å². The van der Waals surface area contributed by atoms with Crippen LogP contribution in [0, 0.1) is 0 Å². The van der Waals surface area contributed by atoms with Crippen LogP contribution in [0.4, 0.5) is 5.69 Å². The lowest BCUT2D eigenvalue weighted by molar-refractivity contribution is 0.837. The van der Waals surface area contributed by atoms with Crippen LogP contribution in [0.25, 0.3) is 10.1 Å². The summed E-state index contributed by atoms with van der Waals surface area (Å²) >= 11 is 1.86. The van der Waals surface area contributed by atoms with Crippen LogP contribution in [0.2, 0.25) is 0 Å². The molecule has 3 rings (SSSR count). The molecule has 1 aliphatic heterocycles. The number of rotatable bonds is 0. The van der Waals surface area contributed by atoms with Gasteiger partial charge >= 0.3 is 0 Å². The predicted molar refractivity (Wildman–Crippen MR) is 58.6 cm³/mol. The summed E-state index contributed by atoms with van der Waals surface area (Å²) in [6.07, 6.45) is 2.50. The van der Waals surface area contributed by atoms with Crippen molar-refractivity contribution in [1.82, 2.24) is 0 Å². The van der Waals surface area contributed by atoms with Crippen molar-refractivity contribution in [1.29, 1.82) is 0 Å². The standard InChI is InChI=1S/C11H11NS/c1-2-9-10(12-6-1)4-3-8-5-7-13-11(8)9/h3-5,7,12H,1-2,6H2. The van der Waals surface area contributed by atoms with Gasteiger partial charge in [-0.25, -0.2) is 0 Å². The van der Waals surface area contributed by atoms with E-state index in [1.54, 1.807) is 0 Å². The van der Waals surface area contributed by atoms with Gasteiger partial charge in [0.2, 0.25) is 0 Å². The van der Waals surface area contributed by atoms with Gasteiger partial charge in [0.1, 0.15) is 0 Å². The van der Waals surface area contributed by atoms with E-state index in [0.717, 1.165) is 6.54 Å².